The van der Waals surface area contributed by atoms with E-state index in [9.17, 15) is 4.79 Å². The summed E-state index contributed by atoms with van der Waals surface area (Å²) in [7, 11) is 5.39. The normalized spacial score (nSPS) is 10.8. The molecule has 4 rings (SSSR count). The van der Waals surface area contributed by atoms with E-state index in [1.54, 1.807) is 6.07 Å². The number of hydrogen-bond donors (Lipinski definition) is 0. The number of ether oxygens (including phenoxy) is 1. The van der Waals surface area contributed by atoms with E-state index in [4.69, 9.17) is 9.72 Å². The number of nitrogens with zero attached hydrogens (tertiary/aromatic N) is 4. The number of rotatable bonds is 4. The molecule has 0 fully saturated rings. The van der Waals surface area contributed by atoms with Crippen LogP contribution >= 0.6 is 0 Å². The second-order valence-electron chi connectivity index (χ2n) is 6.97. The number of aromatic nitrogens is 3. The second kappa shape index (κ2) is 8.25. The van der Waals surface area contributed by atoms with Gasteiger partial charge in [0.15, 0.2) is 0 Å². The van der Waals surface area contributed by atoms with Gasteiger partial charge >= 0.3 is 183 Å². The molecule has 0 saturated carbocycles. The Morgan fingerprint density at radius 2 is 1.77 bits per heavy atom. The molecule has 4 aromatic rings. The van der Waals surface area contributed by atoms with Gasteiger partial charge in [0.2, 0.25) is 0 Å². The molecule has 30 heavy (non-hydrogen) atoms. The Hall–Kier alpha value is -3.24. The van der Waals surface area contributed by atoms with Gasteiger partial charge in [-0.1, -0.05) is 0 Å². The van der Waals surface area contributed by atoms with E-state index >= 15 is 0 Å². The van der Waals surface area contributed by atoms with E-state index in [-0.39, 0.29) is 5.97 Å². The fourth-order valence-corrected chi connectivity index (χ4v) is 3.72. The monoisotopic (exact) mass is 458 g/mol. The molecule has 0 saturated heterocycles. The molecule has 0 unspecified atom stereocenters. The van der Waals surface area contributed by atoms with Gasteiger partial charge in [0.1, 0.15) is 0 Å². The van der Waals surface area contributed by atoms with Crippen LogP contribution in [0.1, 0.15) is 10.4 Å². The summed E-state index contributed by atoms with van der Waals surface area (Å²) in [6.45, 7) is 0. The first-order valence-electron chi connectivity index (χ1n) is 9.29. The minimum atomic E-state index is -0.376. The maximum absolute atomic E-state index is 12.1. The third-order valence-electron chi connectivity index (χ3n) is 4.86. The number of hydrogen-bond acceptors (Lipinski definition) is 6. The first-order chi connectivity index (χ1) is 14.5. The van der Waals surface area contributed by atoms with E-state index in [1.807, 2.05) is 55.4 Å². The Kier molecular flexibility index (Phi) is 5.51. The molecule has 0 aliphatic heterocycles. The number of pyridine rings is 1. The molecular formula is C23H19AsN4O2. The minimum absolute atomic E-state index is 0.376. The average Bonchev–Trinajstić information content (AvgIpc) is 2.78. The van der Waals surface area contributed by atoms with E-state index in [1.165, 1.54) is 13.4 Å². The molecule has 2 aromatic heterocycles. The van der Waals surface area contributed by atoms with Gasteiger partial charge in [-0.3, -0.25) is 0 Å². The SMILES string of the molecule is COC(=O)c1cccc(-c2cc3c([As])ncnc3nc2-c2ccc(N(C)C)cc2)c1. The molecule has 0 amide bonds. The summed E-state index contributed by atoms with van der Waals surface area (Å²) in [4.78, 5) is 27.6. The van der Waals surface area contributed by atoms with Crippen molar-refractivity contribution in [3.8, 4) is 22.4 Å². The van der Waals surface area contributed by atoms with Gasteiger partial charge in [-0.2, -0.15) is 0 Å². The predicted molar refractivity (Wildman–Crippen MR) is 119 cm³/mol. The van der Waals surface area contributed by atoms with Gasteiger partial charge in [-0.05, 0) is 0 Å². The molecule has 0 spiro atoms. The zero-order valence-corrected chi connectivity index (χ0v) is 18.7. The number of carbonyl (C=O) groups is 1. The van der Waals surface area contributed by atoms with Crippen LogP contribution in [0.4, 0.5) is 5.69 Å². The number of fused-ring (bicyclic) bond motifs is 1. The average molecular weight is 458 g/mol. The number of carbonyl (C=O) groups excluding carboxylic acids is 1. The fourth-order valence-electron chi connectivity index (χ4n) is 3.26. The Bertz CT molecular complexity index is 1240. The van der Waals surface area contributed by atoms with Crippen molar-refractivity contribution < 1.29 is 9.53 Å². The van der Waals surface area contributed by atoms with E-state index < -0.39 is 0 Å². The molecule has 148 valence electrons. The molecule has 0 bridgehead atoms. The van der Waals surface area contributed by atoms with Crippen LogP contribution in [-0.4, -0.2) is 59.0 Å². The Morgan fingerprint density at radius 3 is 2.47 bits per heavy atom. The molecule has 0 aliphatic rings. The fraction of sp³-hybridized carbons (Fsp3) is 0.130. The van der Waals surface area contributed by atoms with Crippen molar-refractivity contribution in [1.29, 1.82) is 0 Å². The van der Waals surface area contributed by atoms with Crippen LogP contribution in [0.15, 0.2) is 60.9 Å². The van der Waals surface area contributed by atoms with Crippen LogP contribution in [0, 0.1) is 0 Å². The molecule has 6 nitrogen and oxygen atoms in total. The van der Waals surface area contributed by atoms with Crippen molar-refractivity contribution in [1.82, 2.24) is 15.0 Å². The summed E-state index contributed by atoms with van der Waals surface area (Å²) in [6, 6.07) is 17.6. The van der Waals surface area contributed by atoms with Crippen molar-refractivity contribution in [3.63, 3.8) is 0 Å². The van der Waals surface area contributed by atoms with Crippen LogP contribution in [0.5, 0.6) is 0 Å². The van der Waals surface area contributed by atoms with Crippen LogP contribution in [0.25, 0.3) is 33.4 Å². The molecule has 2 radical (unpaired) electrons. The van der Waals surface area contributed by atoms with Crippen LogP contribution in [-0.2, 0) is 4.74 Å². The molecule has 2 aromatic carbocycles. The van der Waals surface area contributed by atoms with Crippen molar-refractivity contribution >= 4 is 44.0 Å². The Balaban J connectivity index is 1.96. The van der Waals surface area contributed by atoms with Gasteiger partial charge < -0.3 is 0 Å². The molecule has 0 N–H and O–H groups in total. The zero-order chi connectivity index (χ0) is 21.3. The number of esters is 1. The third kappa shape index (κ3) is 3.79. The summed E-state index contributed by atoms with van der Waals surface area (Å²) in [5.41, 5.74) is 5.74. The molecule has 7 heteroatoms. The summed E-state index contributed by atoms with van der Waals surface area (Å²) >= 11 is 2.45. The second-order valence-corrected chi connectivity index (χ2v) is 7.86. The summed E-state index contributed by atoms with van der Waals surface area (Å²) in [5.74, 6) is -0.376. The van der Waals surface area contributed by atoms with Crippen molar-refractivity contribution in [2.75, 3.05) is 26.1 Å². The van der Waals surface area contributed by atoms with Crippen molar-refractivity contribution in [3.05, 3.63) is 66.5 Å². The quantitative estimate of drug-likeness (QED) is 0.346. The number of methoxy groups -OCH3 is 1. The molecule has 0 atom stereocenters. The zero-order valence-electron chi connectivity index (χ0n) is 16.8. The van der Waals surface area contributed by atoms with Gasteiger partial charge in [0.05, 0.1) is 0 Å². The predicted octanol–water partition coefficient (Wildman–Crippen LogP) is 3.01. The van der Waals surface area contributed by atoms with Gasteiger partial charge in [-0.15, -0.1) is 0 Å². The van der Waals surface area contributed by atoms with Gasteiger partial charge in [-0.25, -0.2) is 0 Å². The topological polar surface area (TPSA) is 68.2 Å². The van der Waals surface area contributed by atoms with Gasteiger partial charge in [0, 0.05) is 0 Å². The summed E-state index contributed by atoms with van der Waals surface area (Å²) in [5, 5.41) is 0.852. The van der Waals surface area contributed by atoms with Crippen LogP contribution < -0.4 is 9.38 Å². The third-order valence-corrected chi connectivity index (χ3v) is 5.60. The van der Waals surface area contributed by atoms with Crippen molar-refractivity contribution in [2.24, 2.45) is 0 Å². The maximum atomic E-state index is 12.1. The molecular weight excluding hydrogens is 439 g/mol. The van der Waals surface area contributed by atoms with Crippen LogP contribution in [0.2, 0.25) is 0 Å². The first-order valence-corrected chi connectivity index (χ1v) is 10.2. The Labute approximate surface area is 183 Å². The molecule has 2 heterocycles. The summed E-state index contributed by atoms with van der Waals surface area (Å²) < 4.78 is 5.68. The first kappa shape index (κ1) is 20.0. The van der Waals surface area contributed by atoms with E-state index in [0.29, 0.717) is 11.2 Å². The van der Waals surface area contributed by atoms with Crippen molar-refractivity contribution in [2.45, 2.75) is 0 Å². The number of anilines is 1. The standard InChI is InChI=1S/C23H19AsN4O2/c1-28(2)17-9-7-14(8-10-17)20-18(12-19-21(24)25-13-26-22(19)27-20)15-5-4-6-16(11-15)23(29)30-3/h4-13H,1-3H3. The van der Waals surface area contributed by atoms with E-state index in [2.05, 4.69) is 39.0 Å². The Morgan fingerprint density at radius 1 is 1.00 bits per heavy atom. The van der Waals surface area contributed by atoms with Gasteiger partial charge in [0.25, 0.3) is 0 Å². The summed E-state index contributed by atoms with van der Waals surface area (Å²) in [6.07, 6.45) is 1.51. The van der Waals surface area contributed by atoms with Crippen LogP contribution in [0.3, 0.4) is 0 Å². The van der Waals surface area contributed by atoms with E-state index in [0.717, 1.165) is 37.9 Å². The number of benzene rings is 2. The molecule has 0 aliphatic carbocycles.